The summed E-state index contributed by atoms with van der Waals surface area (Å²) >= 11 is 0. The van der Waals surface area contributed by atoms with Crippen LogP contribution in [-0.4, -0.2) is 26.6 Å². The average molecular weight is 317 g/mol. The quantitative estimate of drug-likeness (QED) is 0.180. The first kappa shape index (κ1) is 10.5. The molecule has 1 rings (SSSR count). The molecule has 1 saturated heterocycles. The summed E-state index contributed by atoms with van der Waals surface area (Å²) in [5, 5.41) is 0. The van der Waals surface area contributed by atoms with Crippen LogP contribution in [0.4, 0.5) is 0 Å². The minimum Gasteiger partial charge on any atom is -0.568 e. The molecule has 5 heteroatoms. The van der Waals surface area contributed by atoms with E-state index in [2.05, 4.69) is 14.5 Å². The molecule has 1 aliphatic heterocycles. The molecule has 1 atom stereocenters. The Kier molecular flexibility index (Phi) is 6.58. The molecule has 0 N–H and O–H groups in total. The van der Waals surface area contributed by atoms with E-state index < -0.39 is 0 Å². The number of hydrogen-bond donors (Lipinski definition) is 0. The van der Waals surface area contributed by atoms with Gasteiger partial charge in [-0.15, -0.1) is 0 Å². The third-order valence-electron chi connectivity index (χ3n) is 0.810. The molecule has 1 fully saturated rings. The Labute approximate surface area is 74.0 Å². The smallest absolute Gasteiger partial charge is 0.180 e. The van der Waals surface area contributed by atoms with Gasteiger partial charge in [0.15, 0.2) is 6.79 Å². The van der Waals surface area contributed by atoms with Crippen LogP contribution in [0.25, 0.3) is 0 Å². The van der Waals surface area contributed by atoms with Crippen molar-refractivity contribution in [3.05, 3.63) is 6.61 Å². The summed E-state index contributed by atoms with van der Waals surface area (Å²) in [6, 6.07) is 0. The normalized spacial score (nSPS) is 21.9. The van der Waals surface area contributed by atoms with Gasteiger partial charge in [0.05, 0.1) is 6.61 Å². The summed E-state index contributed by atoms with van der Waals surface area (Å²) in [6.07, 6.45) is 0.127. The van der Waals surface area contributed by atoms with E-state index in [4.69, 9.17) is 4.74 Å². The average Bonchev–Trinajstić information content (AvgIpc) is 2.63. The fraction of sp³-hybridized carbons (Fsp3) is 0.800. The topological polar surface area (TPSA) is 40.2 Å². The van der Waals surface area contributed by atoms with Gasteiger partial charge < -0.3 is 9.47 Å². The molecule has 10 heavy (non-hydrogen) atoms. The van der Waals surface area contributed by atoms with Gasteiger partial charge in [0.1, 0.15) is 0 Å². The molecule has 0 aromatic rings. The first-order chi connectivity index (χ1) is 4.43. The van der Waals surface area contributed by atoms with Crippen LogP contribution < -0.4 is 0 Å². The number of ether oxygens (including phenoxy) is 2. The molecule has 1 heterocycles. The van der Waals surface area contributed by atoms with Crippen molar-refractivity contribution in [3.8, 4) is 0 Å². The summed E-state index contributed by atoms with van der Waals surface area (Å²) in [7, 11) is 1.53. The van der Waals surface area contributed by atoms with Crippen LogP contribution in [0.2, 0.25) is 0 Å². The molecule has 1 unspecified atom stereocenters. The predicted octanol–water partition coefficient (Wildman–Crippen LogP) is 0.0966. The second-order valence-corrected chi connectivity index (χ2v) is 1.62. The van der Waals surface area contributed by atoms with Gasteiger partial charge in [0, 0.05) is 28.2 Å². The summed E-state index contributed by atoms with van der Waals surface area (Å²) < 4.78 is 9.26. The van der Waals surface area contributed by atoms with Crippen molar-refractivity contribution in [1.29, 1.82) is 0 Å². The van der Waals surface area contributed by atoms with Crippen molar-refractivity contribution in [2.75, 3.05) is 20.5 Å². The number of rotatable bonds is 5. The van der Waals surface area contributed by atoms with E-state index in [-0.39, 0.29) is 34.0 Å². The van der Waals surface area contributed by atoms with Crippen molar-refractivity contribution >= 4 is 0 Å². The summed E-state index contributed by atoms with van der Waals surface area (Å²) in [4.78, 5) is 9.13. The van der Waals surface area contributed by atoms with Crippen molar-refractivity contribution in [2.45, 2.75) is 6.10 Å². The number of hydrogen-bond acceptors (Lipinski definition) is 4. The Morgan fingerprint density at radius 3 is 2.70 bits per heavy atom. The molecule has 1 aliphatic rings. The van der Waals surface area contributed by atoms with E-state index in [1.54, 1.807) is 6.61 Å². The van der Waals surface area contributed by atoms with Crippen LogP contribution in [0.3, 0.4) is 0 Å². The molecule has 60 valence electrons. The van der Waals surface area contributed by atoms with Gasteiger partial charge in [-0.1, -0.05) is 6.10 Å². The van der Waals surface area contributed by atoms with Gasteiger partial charge in [0.2, 0.25) is 0 Å². The van der Waals surface area contributed by atoms with Gasteiger partial charge >= 0.3 is 0 Å². The minimum absolute atomic E-state index is 0. The molecule has 0 aromatic carbocycles. The van der Waals surface area contributed by atoms with Gasteiger partial charge in [-0.25, -0.2) is 9.78 Å². The Bertz CT molecular complexity index is 76.0. The van der Waals surface area contributed by atoms with Crippen LogP contribution in [-0.2, 0) is 40.3 Å². The second kappa shape index (κ2) is 6.25. The largest absolute Gasteiger partial charge is 0.568 e. The van der Waals surface area contributed by atoms with E-state index in [0.29, 0.717) is 6.61 Å². The maximum absolute atomic E-state index is 4.72. The standard InChI is InChI=1S/C5H9O4.W/c1-6-4-9-8-3-5-2-7-5;/h2,5H,3-4H2,1H3;/q-1;. The molecule has 0 amide bonds. The zero-order chi connectivity index (χ0) is 6.53. The Morgan fingerprint density at radius 2 is 2.20 bits per heavy atom. The van der Waals surface area contributed by atoms with E-state index in [0.717, 1.165) is 0 Å². The summed E-state index contributed by atoms with van der Waals surface area (Å²) in [5.41, 5.74) is 0. The number of epoxide rings is 1. The van der Waals surface area contributed by atoms with E-state index in [1.165, 1.54) is 7.11 Å². The second-order valence-electron chi connectivity index (χ2n) is 1.62. The molecule has 0 aliphatic carbocycles. The molecule has 0 aromatic heterocycles. The molecular formula is C5H9O4W-. The zero-order valence-corrected chi connectivity index (χ0v) is 8.54. The predicted molar refractivity (Wildman–Crippen MR) is 28.1 cm³/mol. The molecule has 0 radical (unpaired) electrons. The van der Waals surface area contributed by atoms with Gasteiger partial charge in [-0.2, -0.15) is 6.61 Å². The van der Waals surface area contributed by atoms with Crippen LogP contribution in [0.5, 0.6) is 0 Å². The third kappa shape index (κ3) is 5.32. The van der Waals surface area contributed by atoms with Crippen LogP contribution >= 0.6 is 0 Å². The SMILES string of the molecule is COCOOCC1[CH-]O1.[W]. The maximum atomic E-state index is 4.72. The minimum atomic E-state index is 0. The zero-order valence-electron chi connectivity index (χ0n) is 5.61. The molecule has 0 saturated carbocycles. The van der Waals surface area contributed by atoms with Crippen molar-refractivity contribution in [2.24, 2.45) is 0 Å². The van der Waals surface area contributed by atoms with E-state index in [1.807, 2.05) is 0 Å². The Balaban J connectivity index is 0.000000810. The monoisotopic (exact) mass is 317 g/mol. The summed E-state index contributed by atoms with van der Waals surface area (Å²) in [6.45, 7) is 2.28. The van der Waals surface area contributed by atoms with Crippen LogP contribution in [0, 0.1) is 6.61 Å². The van der Waals surface area contributed by atoms with Gasteiger partial charge in [-0.05, 0) is 0 Å². The van der Waals surface area contributed by atoms with E-state index in [9.17, 15) is 0 Å². The molecule has 0 spiro atoms. The van der Waals surface area contributed by atoms with E-state index >= 15 is 0 Å². The van der Waals surface area contributed by atoms with Crippen molar-refractivity contribution in [1.82, 2.24) is 0 Å². The first-order valence-electron chi connectivity index (χ1n) is 2.65. The van der Waals surface area contributed by atoms with Crippen molar-refractivity contribution in [3.63, 3.8) is 0 Å². The first-order valence-corrected chi connectivity index (χ1v) is 2.65. The Morgan fingerprint density at radius 1 is 1.50 bits per heavy atom. The molecular weight excluding hydrogens is 308 g/mol. The number of methoxy groups -OCH3 is 1. The van der Waals surface area contributed by atoms with Crippen LogP contribution in [0.1, 0.15) is 0 Å². The molecule has 4 nitrogen and oxygen atoms in total. The molecule has 0 bridgehead atoms. The van der Waals surface area contributed by atoms with Gasteiger partial charge in [0.25, 0.3) is 0 Å². The third-order valence-corrected chi connectivity index (χ3v) is 0.810. The fourth-order valence-electron chi connectivity index (χ4n) is 0.331. The van der Waals surface area contributed by atoms with Gasteiger partial charge in [-0.3, -0.25) is 0 Å². The Hall–Kier alpha value is 0.528. The fourth-order valence-corrected chi connectivity index (χ4v) is 0.331. The summed E-state index contributed by atoms with van der Waals surface area (Å²) in [5.74, 6) is 0. The maximum Gasteiger partial charge on any atom is 0.180 e. The van der Waals surface area contributed by atoms with Crippen molar-refractivity contribution < 1.29 is 40.3 Å². The van der Waals surface area contributed by atoms with Crippen LogP contribution in [0.15, 0.2) is 0 Å².